The lowest BCUT2D eigenvalue weighted by atomic mass is 9.88. The van der Waals surface area contributed by atoms with Gasteiger partial charge in [0, 0.05) is 45.3 Å². The lowest BCUT2D eigenvalue weighted by Crippen LogP contribution is -2.44. The summed E-state index contributed by atoms with van der Waals surface area (Å²) in [5.74, 6) is 0.548. The highest BCUT2D eigenvalue weighted by atomic mass is 35.5. The molecule has 2 aliphatic rings. The van der Waals surface area contributed by atoms with Gasteiger partial charge in [-0.15, -0.1) is 12.4 Å². The van der Waals surface area contributed by atoms with Crippen molar-refractivity contribution < 1.29 is 4.79 Å². The molecule has 0 bridgehead atoms. The predicted molar refractivity (Wildman–Crippen MR) is 89.1 cm³/mol. The van der Waals surface area contributed by atoms with Crippen LogP contribution in [0.2, 0.25) is 0 Å². The Bertz CT molecular complexity index is 540. The Kier molecular flexibility index (Phi) is 4.87. The van der Waals surface area contributed by atoms with Gasteiger partial charge in [0.25, 0.3) is 0 Å². The molecule has 0 spiro atoms. The SMILES string of the molecule is CC(N(C)C(=O)[C@H]1CNC[C@@H]1c1cnn(C)c1)C1(C)CC1.Cl. The molecule has 0 aromatic carbocycles. The number of carbonyl (C=O) groups is 1. The smallest absolute Gasteiger partial charge is 0.227 e. The average molecular weight is 327 g/mol. The lowest BCUT2D eigenvalue weighted by Gasteiger charge is -2.33. The fraction of sp³-hybridized carbons (Fsp3) is 0.750. The summed E-state index contributed by atoms with van der Waals surface area (Å²) in [4.78, 5) is 14.9. The van der Waals surface area contributed by atoms with Crippen LogP contribution in [0.15, 0.2) is 12.4 Å². The molecule has 1 aliphatic heterocycles. The van der Waals surface area contributed by atoms with E-state index in [4.69, 9.17) is 0 Å². The number of aryl methyl sites for hydroxylation is 1. The molecule has 0 radical (unpaired) electrons. The van der Waals surface area contributed by atoms with Crippen molar-refractivity contribution in [3.05, 3.63) is 18.0 Å². The summed E-state index contributed by atoms with van der Waals surface area (Å²) in [6.45, 7) is 6.10. The maximum absolute atomic E-state index is 12.9. The van der Waals surface area contributed by atoms with Gasteiger partial charge in [0.1, 0.15) is 0 Å². The zero-order chi connectivity index (χ0) is 15.2. The molecule has 1 aliphatic carbocycles. The molecule has 2 fully saturated rings. The molecule has 1 unspecified atom stereocenters. The van der Waals surface area contributed by atoms with E-state index in [9.17, 15) is 4.79 Å². The van der Waals surface area contributed by atoms with Crippen LogP contribution in [-0.4, -0.2) is 46.8 Å². The van der Waals surface area contributed by atoms with Gasteiger partial charge in [0.05, 0.1) is 12.1 Å². The van der Waals surface area contributed by atoms with Gasteiger partial charge in [-0.3, -0.25) is 9.48 Å². The van der Waals surface area contributed by atoms with Crippen LogP contribution in [-0.2, 0) is 11.8 Å². The maximum Gasteiger partial charge on any atom is 0.227 e. The number of nitrogens with one attached hydrogen (secondary N) is 1. The standard InChI is InChI=1S/C16H26N4O.ClH/c1-11(16(2)5-6-16)20(4)15(21)14-9-17-8-13(14)12-7-18-19(3)10-12;/h7,10-11,13-14,17H,5-6,8-9H2,1-4H3;1H/t11?,13-,14+;/m1./s1. The highest BCUT2D eigenvalue weighted by Gasteiger charge is 2.47. The first-order valence-electron chi connectivity index (χ1n) is 7.88. The molecule has 6 heteroatoms. The summed E-state index contributed by atoms with van der Waals surface area (Å²) in [5.41, 5.74) is 1.50. The summed E-state index contributed by atoms with van der Waals surface area (Å²) in [5, 5.41) is 7.62. The molecule has 1 aromatic heterocycles. The van der Waals surface area contributed by atoms with E-state index in [-0.39, 0.29) is 30.2 Å². The molecule has 5 nitrogen and oxygen atoms in total. The van der Waals surface area contributed by atoms with Gasteiger partial charge in [0.2, 0.25) is 5.91 Å². The molecule has 3 atom stereocenters. The first-order chi connectivity index (χ1) is 9.92. The van der Waals surface area contributed by atoms with Crippen LogP contribution in [0.3, 0.4) is 0 Å². The number of nitrogens with zero attached hydrogens (tertiary/aromatic N) is 3. The van der Waals surface area contributed by atoms with Crippen molar-refractivity contribution >= 4 is 18.3 Å². The van der Waals surface area contributed by atoms with Crippen LogP contribution in [0.5, 0.6) is 0 Å². The second-order valence-electron chi connectivity index (χ2n) is 7.10. The fourth-order valence-corrected chi connectivity index (χ4v) is 3.45. The van der Waals surface area contributed by atoms with E-state index < -0.39 is 0 Å². The van der Waals surface area contributed by atoms with E-state index in [2.05, 4.69) is 24.3 Å². The third kappa shape index (κ3) is 3.01. The van der Waals surface area contributed by atoms with E-state index in [1.165, 1.54) is 18.4 Å². The molecule has 1 saturated heterocycles. The Morgan fingerprint density at radius 1 is 1.50 bits per heavy atom. The number of halogens is 1. The minimum absolute atomic E-state index is 0. The molecule has 3 rings (SSSR count). The van der Waals surface area contributed by atoms with Gasteiger partial charge in [0.15, 0.2) is 0 Å². The van der Waals surface area contributed by atoms with E-state index in [1.807, 2.05) is 36.1 Å². The monoisotopic (exact) mass is 326 g/mol. The fourth-order valence-electron chi connectivity index (χ4n) is 3.45. The first-order valence-corrected chi connectivity index (χ1v) is 7.88. The Morgan fingerprint density at radius 2 is 2.18 bits per heavy atom. The van der Waals surface area contributed by atoms with Crippen molar-refractivity contribution in [2.45, 2.75) is 38.6 Å². The second-order valence-corrected chi connectivity index (χ2v) is 7.10. The lowest BCUT2D eigenvalue weighted by molar-refractivity contribution is -0.137. The molecule has 124 valence electrons. The molecule has 1 N–H and O–H groups in total. The van der Waals surface area contributed by atoms with Crippen LogP contribution in [0.1, 0.15) is 38.2 Å². The van der Waals surface area contributed by atoms with Gasteiger partial charge >= 0.3 is 0 Å². The summed E-state index contributed by atoms with van der Waals surface area (Å²) >= 11 is 0. The minimum Gasteiger partial charge on any atom is -0.342 e. The number of rotatable bonds is 4. The molecule has 2 heterocycles. The summed E-state index contributed by atoms with van der Waals surface area (Å²) in [6, 6.07) is 0.320. The van der Waals surface area contributed by atoms with Gasteiger partial charge in [-0.2, -0.15) is 5.10 Å². The number of amides is 1. The number of hydrogen-bond donors (Lipinski definition) is 1. The number of hydrogen-bond acceptors (Lipinski definition) is 3. The normalized spacial score (nSPS) is 27.1. The third-order valence-electron chi connectivity index (χ3n) is 5.66. The van der Waals surface area contributed by atoms with Crippen LogP contribution in [0, 0.1) is 11.3 Å². The highest BCUT2D eigenvalue weighted by molar-refractivity contribution is 5.85. The largest absolute Gasteiger partial charge is 0.342 e. The first kappa shape index (κ1) is 17.3. The van der Waals surface area contributed by atoms with Gasteiger partial charge in [-0.1, -0.05) is 6.92 Å². The number of carbonyl (C=O) groups excluding carboxylic acids is 1. The van der Waals surface area contributed by atoms with E-state index in [0.29, 0.717) is 11.5 Å². The van der Waals surface area contributed by atoms with Crippen LogP contribution in [0.4, 0.5) is 0 Å². The van der Waals surface area contributed by atoms with Gasteiger partial charge in [-0.05, 0) is 30.7 Å². The Labute approximate surface area is 138 Å². The van der Waals surface area contributed by atoms with E-state index in [0.717, 1.165) is 13.1 Å². The van der Waals surface area contributed by atoms with Crippen molar-refractivity contribution in [2.24, 2.45) is 18.4 Å². The molecular weight excluding hydrogens is 300 g/mol. The minimum atomic E-state index is 0. The van der Waals surface area contributed by atoms with Crippen molar-refractivity contribution in [1.82, 2.24) is 20.0 Å². The van der Waals surface area contributed by atoms with Crippen LogP contribution >= 0.6 is 12.4 Å². The molecular formula is C16H27ClN4O. The summed E-state index contributed by atoms with van der Waals surface area (Å²) < 4.78 is 1.81. The molecule has 1 aromatic rings. The predicted octanol–water partition coefficient (Wildman–Crippen LogP) is 1.79. The van der Waals surface area contributed by atoms with Crippen LogP contribution < -0.4 is 5.32 Å². The molecule has 1 amide bonds. The average Bonchev–Trinajstić information content (AvgIpc) is 2.91. The third-order valence-corrected chi connectivity index (χ3v) is 5.66. The molecule has 22 heavy (non-hydrogen) atoms. The maximum atomic E-state index is 12.9. The quantitative estimate of drug-likeness (QED) is 0.917. The Balaban J connectivity index is 0.00000176. The number of aromatic nitrogens is 2. The van der Waals surface area contributed by atoms with Crippen molar-refractivity contribution in [2.75, 3.05) is 20.1 Å². The zero-order valence-corrected chi connectivity index (χ0v) is 14.7. The van der Waals surface area contributed by atoms with Crippen molar-refractivity contribution in [3.63, 3.8) is 0 Å². The summed E-state index contributed by atoms with van der Waals surface area (Å²) in [6.07, 6.45) is 6.40. The van der Waals surface area contributed by atoms with Gasteiger partial charge < -0.3 is 10.2 Å². The summed E-state index contributed by atoms with van der Waals surface area (Å²) in [7, 11) is 3.89. The van der Waals surface area contributed by atoms with Crippen LogP contribution in [0.25, 0.3) is 0 Å². The Hall–Kier alpha value is -1.07. The topological polar surface area (TPSA) is 50.2 Å². The van der Waals surface area contributed by atoms with E-state index >= 15 is 0 Å². The Morgan fingerprint density at radius 3 is 2.73 bits per heavy atom. The van der Waals surface area contributed by atoms with Crippen molar-refractivity contribution in [1.29, 1.82) is 0 Å². The molecule has 1 saturated carbocycles. The highest BCUT2D eigenvalue weighted by Crippen LogP contribution is 2.49. The van der Waals surface area contributed by atoms with E-state index in [1.54, 1.807) is 0 Å². The van der Waals surface area contributed by atoms with Gasteiger partial charge in [-0.25, -0.2) is 0 Å². The van der Waals surface area contributed by atoms with Crippen molar-refractivity contribution in [3.8, 4) is 0 Å². The zero-order valence-electron chi connectivity index (χ0n) is 13.9. The second kappa shape index (κ2) is 6.20.